The molecule has 1 amide bonds. The molecule has 0 bridgehead atoms. The van der Waals surface area contributed by atoms with Gasteiger partial charge in [-0.05, 0) is 49.8 Å². The van der Waals surface area contributed by atoms with E-state index in [0.717, 1.165) is 12.2 Å². The Hall–Kier alpha value is -2.21. The number of aliphatic carboxylic acids is 1. The highest BCUT2D eigenvalue weighted by Gasteiger charge is 2.62. The first kappa shape index (κ1) is 24.4. The number of nitrogens with zero attached hydrogens (tertiary/aromatic N) is 2. The minimum Gasteiger partial charge on any atom is -0.475 e. The Labute approximate surface area is 183 Å². The van der Waals surface area contributed by atoms with Gasteiger partial charge in [-0.3, -0.25) is 9.78 Å². The summed E-state index contributed by atoms with van der Waals surface area (Å²) in [6.07, 6.45) is -0.392. The van der Waals surface area contributed by atoms with Crippen LogP contribution in [-0.4, -0.2) is 78.3 Å². The number of alkyl halides is 3. The van der Waals surface area contributed by atoms with Crippen molar-refractivity contribution in [2.75, 3.05) is 32.1 Å². The van der Waals surface area contributed by atoms with Crippen LogP contribution in [0.1, 0.15) is 35.3 Å². The lowest BCUT2D eigenvalue weighted by atomic mass is 9.83. The summed E-state index contributed by atoms with van der Waals surface area (Å²) < 4.78 is 62.0. The number of halogens is 3. The largest absolute Gasteiger partial charge is 0.490 e. The fourth-order valence-electron chi connectivity index (χ4n) is 3.93. The highest BCUT2D eigenvalue weighted by molar-refractivity contribution is 7.93. The maximum atomic E-state index is 12.6. The van der Waals surface area contributed by atoms with Gasteiger partial charge in [0.25, 0.3) is 5.91 Å². The van der Waals surface area contributed by atoms with E-state index in [-0.39, 0.29) is 30.7 Å². The first-order valence-electron chi connectivity index (χ1n) is 10.2. The lowest BCUT2D eigenvalue weighted by molar-refractivity contribution is -0.192. The van der Waals surface area contributed by atoms with Crippen LogP contribution >= 0.6 is 0 Å². The molecule has 1 aliphatic carbocycles. The van der Waals surface area contributed by atoms with Crippen molar-refractivity contribution in [2.24, 2.45) is 11.8 Å². The first-order valence-corrected chi connectivity index (χ1v) is 11.8. The van der Waals surface area contributed by atoms with E-state index >= 15 is 0 Å². The van der Waals surface area contributed by atoms with Gasteiger partial charge in [0.1, 0.15) is 10.4 Å². The Morgan fingerprint density at radius 1 is 1.25 bits per heavy atom. The normalized spacial score (nSPS) is 23.2. The zero-order chi connectivity index (χ0) is 23.7. The summed E-state index contributed by atoms with van der Waals surface area (Å²) in [4.78, 5) is 27.2. The Morgan fingerprint density at radius 2 is 1.88 bits per heavy atom. The van der Waals surface area contributed by atoms with Crippen molar-refractivity contribution in [3.8, 4) is 0 Å². The van der Waals surface area contributed by atoms with Crippen molar-refractivity contribution in [1.29, 1.82) is 0 Å². The zero-order valence-corrected chi connectivity index (χ0v) is 18.3. The van der Waals surface area contributed by atoms with Crippen LogP contribution in [0.2, 0.25) is 0 Å². The molecule has 1 saturated carbocycles. The first-order chi connectivity index (χ1) is 14.9. The number of carbonyl (C=O) groups excluding carboxylic acids is 1. The molecule has 1 aromatic rings. The van der Waals surface area contributed by atoms with Crippen molar-refractivity contribution in [2.45, 2.75) is 37.1 Å². The smallest absolute Gasteiger partial charge is 0.475 e. The van der Waals surface area contributed by atoms with E-state index < -0.39 is 26.7 Å². The number of carbonyl (C=O) groups is 2. The summed E-state index contributed by atoms with van der Waals surface area (Å²) in [5, 5.41) is 7.12. The van der Waals surface area contributed by atoms with Crippen LogP contribution in [-0.2, 0) is 19.4 Å². The number of hydrogen-bond acceptors (Lipinski definition) is 6. The lowest BCUT2D eigenvalue weighted by Crippen LogP contribution is -2.68. The molecule has 2 aliphatic heterocycles. The summed E-state index contributed by atoms with van der Waals surface area (Å²) in [5.74, 6) is -2.08. The number of carboxylic acids is 1. The highest BCUT2D eigenvalue weighted by atomic mass is 32.2. The third-order valence-electron chi connectivity index (χ3n) is 6.05. The number of amides is 1. The van der Waals surface area contributed by atoms with E-state index in [0.29, 0.717) is 24.6 Å². The van der Waals surface area contributed by atoms with Gasteiger partial charge in [0.05, 0.1) is 12.4 Å². The molecule has 4 rings (SSSR count). The second-order valence-corrected chi connectivity index (χ2v) is 11.0. The molecule has 8 nitrogen and oxygen atoms in total. The van der Waals surface area contributed by atoms with Crippen LogP contribution in [0.3, 0.4) is 0 Å². The third kappa shape index (κ3) is 5.22. The number of likely N-dealkylation sites (tertiary alicyclic amines) is 1. The number of pyridine rings is 1. The Morgan fingerprint density at radius 3 is 2.41 bits per heavy atom. The van der Waals surface area contributed by atoms with Gasteiger partial charge < -0.3 is 14.7 Å². The van der Waals surface area contributed by atoms with E-state index in [1.54, 1.807) is 17.2 Å². The summed E-state index contributed by atoms with van der Waals surface area (Å²) in [6.45, 7) is 3.66. The fraction of sp³-hybridized carbons (Fsp3) is 0.650. The second kappa shape index (κ2) is 8.97. The van der Waals surface area contributed by atoms with E-state index in [1.165, 1.54) is 12.8 Å². The number of sulfone groups is 1. The Kier molecular flexibility index (Phi) is 6.85. The van der Waals surface area contributed by atoms with Gasteiger partial charge >= 0.3 is 12.1 Å². The van der Waals surface area contributed by atoms with Crippen molar-refractivity contribution >= 4 is 21.7 Å². The minimum atomic E-state index is -5.08. The molecule has 3 fully saturated rings. The molecule has 1 unspecified atom stereocenters. The molecule has 32 heavy (non-hydrogen) atoms. The Balaban J connectivity index is 0.000000360. The van der Waals surface area contributed by atoms with Gasteiger partial charge in [0, 0.05) is 31.8 Å². The second-order valence-electron chi connectivity index (χ2n) is 8.53. The zero-order valence-electron chi connectivity index (χ0n) is 17.5. The van der Waals surface area contributed by atoms with Gasteiger partial charge in [-0.25, -0.2) is 13.2 Å². The van der Waals surface area contributed by atoms with Gasteiger partial charge in [-0.2, -0.15) is 13.2 Å². The number of rotatable bonds is 5. The maximum Gasteiger partial charge on any atom is 0.490 e. The molecule has 1 spiro atoms. The lowest BCUT2D eigenvalue weighted by Gasteiger charge is -2.49. The van der Waals surface area contributed by atoms with Crippen LogP contribution in [0, 0.1) is 18.8 Å². The van der Waals surface area contributed by atoms with E-state index in [2.05, 4.69) is 4.98 Å². The SMILES string of the molecule is Cc1ccnc(C(=O)N2CC3(C2)C(COCC2CC2)CCS3(=O)=O)c1.O=C(O)C(F)(F)F. The van der Waals surface area contributed by atoms with Gasteiger partial charge in [-0.15, -0.1) is 0 Å². The third-order valence-corrected chi connectivity index (χ3v) is 8.65. The molecule has 3 aliphatic rings. The van der Waals surface area contributed by atoms with Gasteiger partial charge in [0.2, 0.25) is 0 Å². The van der Waals surface area contributed by atoms with Crippen LogP contribution in [0.15, 0.2) is 18.3 Å². The number of aromatic nitrogens is 1. The summed E-state index contributed by atoms with van der Waals surface area (Å²) in [6, 6.07) is 3.58. The molecular weight excluding hydrogens is 453 g/mol. The number of aryl methyl sites for hydroxylation is 1. The summed E-state index contributed by atoms with van der Waals surface area (Å²) in [5.41, 5.74) is 1.35. The molecule has 2 saturated heterocycles. The average Bonchev–Trinajstić information content (AvgIpc) is 3.44. The molecule has 1 atom stereocenters. The van der Waals surface area contributed by atoms with Crippen molar-refractivity contribution < 1.29 is 41.0 Å². The fourth-order valence-corrected chi connectivity index (χ4v) is 6.33. The van der Waals surface area contributed by atoms with Gasteiger partial charge in [-0.1, -0.05) is 0 Å². The van der Waals surface area contributed by atoms with Crippen molar-refractivity contribution in [1.82, 2.24) is 9.88 Å². The molecule has 12 heteroatoms. The Bertz CT molecular complexity index is 972. The number of carboxylic acid groups (broad SMARTS) is 1. The predicted molar refractivity (Wildman–Crippen MR) is 107 cm³/mol. The molecule has 3 heterocycles. The number of hydrogen-bond donors (Lipinski definition) is 1. The maximum absolute atomic E-state index is 12.6. The molecular formula is C20H25F3N2O6S. The van der Waals surface area contributed by atoms with E-state index in [4.69, 9.17) is 14.6 Å². The topological polar surface area (TPSA) is 114 Å². The predicted octanol–water partition coefficient (Wildman–Crippen LogP) is 2.08. The van der Waals surface area contributed by atoms with Crippen LogP contribution in [0.4, 0.5) is 13.2 Å². The quantitative estimate of drug-likeness (QED) is 0.689. The summed E-state index contributed by atoms with van der Waals surface area (Å²) >= 11 is 0. The molecule has 178 valence electrons. The standard InChI is InChI=1S/C18H24N2O4S.C2HF3O2/c1-13-4-6-19-16(8-13)17(21)20-11-18(12-20)15(5-7-25(18,22)23)10-24-9-14-2-3-14;3-2(4,5)1(6)7/h4,6,8,14-15H,2-3,5,7,9-12H2,1H3;(H,6,7). The highest BCUT2D eigenvalue weighted by Crippen LogP contribution is 2.45. The van der Waals surface area contributed by atoms with Crippen molar-refractivity contribution in [3.05, 3.63) is 29.6 Å². The average molecular weight is 478 g/mol. The van der Waals surface area contributed by atoms with E-state index in [1.807, 2.05) is 13.0 Å². The monoisotopic (exact) mass is 478 g/mol. The molecule has 1 aromatic heterocycles. The van der Waals surface area contributed by atoms with Crippen molar-refractivity contribution in [3.63, 3.8) is 0 Å². The van der Waals surface area contributed by atoms with Gasteiger partial charge in [0.15, 0.2) is 9.84 Å². The minimum absolute atomic E-state index is 0.00855. The number of ether oxygens (including phenoxy) is 1. The molecule has 0 radical (unpaired) electrons. The summed E-state index contributed by atoms with van der Waals surface area (Å²) in [7, 11) is -3.19. The van der Waals surface area contributed by atoms with Crippen LogP contribution in [0.5, 0.6) is 0 Å². The molecule has 1 N–H and O–H groups in total. The van der Waals surface area contributed by atoms with Crippen LogP contribution < -0.4 is 0 Å². The van der Waals surface area contributed by atoms with E-state index in [9.17, 15) is 26.4 Å². The van der Waals surface area contributed by atoms with Crippen LogP contribution in [0.25, 0.3) is 0 Å². The molecule has 0 aromatic carbocycles.